The average Bonchev–Trinajstić information content (AvgIpc) is 3.14. The predicted molar refractivity (Wildman–Crippen MR) is 119 cm³/mol. The number of aliphatic hydroxyl groups excluding tert-OH is 1. The van der Waals surface area contributed by atoms with Gasteiger partial charge in [0.2, 0.25) is 5.95 Å². The molecule has 0 amide bonds. The topological polar surface area (TPSA) is 75.9 Å². The highest BCUT2D eigenvalue weighted by atomic mass is 19.1. The van der Waals surface area contributed by atoms with Crippen molar-refractivity contribution in [2.75, 3.05) is 5.32 Å². The fraction of sp³-hybridized carbons (Fsp3) is 0.542. The quantitative estimate of drug-likeness (QED) is 0.582. The number of fused-ring (bicyclic) bond motifs is 1. The molecule has 2 saturated carbocycles. The van der Waals surface area contributed by atoms with E-state index in [1.165, 1.54) is 38.2 Å². The van der Waals surface area contributed by atoms with E-state index in [-0.39, 0.29) is 18.0 Å². The lowest BCUT2D eigenvalue weighted by Crippen LogP contribution is -2.22. The molecule has 2 heterocycles. The minimum absolute atomic E-state index is 0.167. The first-order valence-corrected chi connectivity index (χ1v) is 11.6. The Balaban J connectivity index is 1.51. The molecule has 3 aromatic rings. The lowest BCUT2D eigenvalue weighted by Gasteiger charge is -2.28. The van der Waals surface area contributed by atoms with Gasteiger partial charge in [0.1, 0.15) is 17.2 Å². The summed E-state index contributed by atoms with van der Waals surface area (Å²) in [5.41, 5.74) is 1.92. The molecular weight excluding hydrogens is 393 g/mol. The Labute approximate surface area is 181 Å². The number of para-hydroxylation sites is 1. The van der Waals surface area contributed by atoms with E-state index in [0.29, 0.717) is 17.6 Å². The number of nitrogens with zero attached hydrogens (tertiary/aromatic N) is 4. The van der Waals surface area contributed by atoms with Crippen LogP contribution in [-0.4, -0.2) is 30.7 Å². The number of imidazole rings is 1. The van der Waals surface area contributed by atoms with Gasteiger partial charge in [0, 0.05) is 12.5 Å². The Morgan fingerprint density at radius 2 is 1.77 bits per heavy atom. The van der Waals surface area contributed by atoms with E-state index in [4.69, 9.17) is 9.97 Å². The maximum Gasteiger partial charge on any atom is 0.210 e. The first-order valence-electron chi connectivity index (χ1n) is 11.6. The number of aliphatic hydroxyl groups is 1. The molecule has 2 aliphatic rings. The van der Waals surface area contributed by atoms with Crippen LogP contribution in [0.1, 0.15) is 69.7 Å². The maximum absolute atomic E-state index is 14.3. The molecule has 1 aromatic carbocycles. The Kier molecular flexibility index (Phi) is 5.85. The van der Waals surface area contributed by atoms with Gasteiger partial charge < -0.3 is 10.4 Å². The molecule has 0 unspecified atom stereocenters. The lowest BCUT2D eigenvalue weighted by atomic mass is 9.87. The van der Waals surface area contributed by atoms with Gasteiger partial charge in [-0.15, -0.1) is 0 Å². The van der Waals surface area contributed by atoms with Crippen molar-refractivity contribution in [1.29, 1.82) is 0 Å². The van der Waals surface area contributed by atoms with Crippen molar-refractivity contribution in [1.82, 2.24) is 19.5 Å². The normalized spacial score (nSPS) is 22.6. The summed E-state index contributed by atoms with van der Waals surface area (Å²) in [6.45, 7) is 0. The Hall–Kier alpha value is -2.54. The third-order valence-corrected chi connectivity index (χ3v) is 6.83. The van der Waals surface area contributed by atoms with Crippen LogP contribution in [0.15, 0.2) is 30.5 Å². The number of rotatable bonds is 5. The highest BCUT2D eigenvalue weighted by molar-refractivity contribution is 5.75. The van der Waals surface area contributed by atoms with Crippen molar-refractivity contribution in [3.63, 3.8) is 0 Å². The molecule has 2 aliphatic carbocycles. The number of nitrogens with one attached hydrogen (secondary N) is 1. The number of anilines is 2. The Bertz CT molecular complexity index is 1040. The molecule has 2 fully saturated rings. The molecule has 2 aromatic heterocycles. The molecule has 0 aliphatic heterocycles. The molecule has 0 saturated heterocycles. The molecule has 31 heavy (non-hydrogen) atoms. The zero-order chi connectivity index (χ0) is 21.2. The number of benzene rings is 1. The van der Waals surface area contributed by atoms with Crippen LogP contribution in [0, 0.1) is 11.7 Å². The third-order valence-electron chi connectivity index (χ3n) is 6.83. The molecule has 0 spiro atoms. The summed E-state index contributed by atoms with van der Waals surface area (Å²) in [6, 6.07) is 6.80. The van der Waals surface area contributed by atoms with Crippen molar-refractivity contribution >= 4 is 22.8 Å². The van der Waals surface area contributed by atoms with E-state index < -0.39 is 0 Å². The SMILES string of the molecule is OC1CCC(n2c(Nc3ccccc3F)nc3cnc(CC4CCCCC4)nc32)CC1. The number of hydrogen-bond donors (Lipinski definition) is 2. The van der Waals surface area contributed by atoms with Gasteiger partial charge in [-0.2, -0.15) is 0 Å². The van der Waals surface area contributed by atoms with Crippen LogP contribution in [0.25, 0.3) is 11.2 Å². The summed E-state index contributed by atoms with van der Waals surface area (Å²) in [5, 5.41) is 13.2. The van der Waals surface area contributed by atoms with E-state index in [9.17, 15) is 9.50 Å². The fourth-order valence-corrected chi connectivity index (χ4v) is 5.11. The first kappa shape index (κ1) is 20.4. The van der Waals surface area contributed by atoms with Gasteiger partial charge in [-0.3, -0.25) is 4.57 Å². The van der Waals surface area contributed by atoms with Crippen molar-refractivity contribution < 1.29 is 9.50 Å². The van der Waals surface area contributed by atoms with E-state index in [1.54, 1.807) is 24.4 Å². The van der Waals surface area contributed by atoms with Gasteiger partial charge in [0.05, 0.1) is 18.0 Å². The Morgan fingerprint density at radius 3 is 2.55 bits per heavy atom. The predicted octanol–water partition coefficient (Wildman–Crippen LogP) is 5.31. The van der Waals surface area contributed by atoms with E-state index in [0.717, 1.165) is 49.1 Å². The van der Waals surface area contributed by atoms with Gasteiger partial charge in [0.25, 0.3) is 0 Å². The largest absolute Gasteiger partial charge is 0.393 e. The first-order chi connectivity index (χ1) is 15.2. The summed E-state index contributed by atoms with van der Waals surface area (Å²) in [5.74, 6) is 1.80. The number of aromatic nitrogens is 4. The smallest absolute Gasteiger partial charge is 0.210 e. The maximum atomic E-state index is 14.3. The molecule has 6 nitrogen and oxygen atoms in total. The van der Waals surface area contributed by atoms with E-state index in [2.05, 4.69) is 14.9 Å². The van der Waals surface area contributed by atoms with Crippen LogP contribution in [0.4, 0.5) is 16.0 Å². The zero-order valence-electron chi connectivity index (χ0n) is 17.8. The minimum atomic E-state index is -0.316. The molecule has 0 bridgehead atoms. The van der Waals surface area contributed by atoms with E-state index in [1.807, 2.05) is 0 Å². The van der Waals surface area contributed by atoms with Crippen LogP contribution in [-0.2, 0) is 6.42 Å². The highest BCUT2D eigenvalue weighted by Crippen LogP contribution is 2.35. The monoisotopic (exact) mass is 423 g/mol. The van der Waals surface area contributed by atoms with Crippen molar-refractivity contribution in [3.8, 4) is 0 Å². The minimum Gasteiger partial charge on any atom is -0.393 e. The van der Waals surface area contributed by atoms with Gasteiger partial charge >= 0.3 is 0 Å². The number of halogens is 1. The van der Waals surface area contributed by atoms with E-state index >= 15 is 0 Å². The molecule has 2 N–H and O–H groups in total. The van der Waals surface area contributed by atoms with Crippen LogP contribution >= 0.6 is 0 Å². The van der Waals surface area contributed by atoms with Crippen molar-refractivity contribution in [3.05, 3.63) is 42.1 Å². The summed E-state index contributed by atoms with van der Waals surface area (Å²) in [7, 11) is 0. The van der Waals surface area contributed by atoms with Crippen LogP contribution in [0.3, 0.4) is 0 Å². The lowest BCUT2D eigenvalue weighted by molar-refractivity contribution is 0.112. The van der Waals surface area contributed by atoms with Crippen LogP contribution < -0.4 is 5.32 Å². The van der Waals surface area contributed by atoms with Crippen LogP contribution in [0.5, 0.6) is 0 Å². The molecule has 0 radical (unpaired) electrons. The second kappa shape index (κ2) is 8.91. The summed E-state index contributed by atoms with van der Waals surface area (Å²) < 4.78 is 16.4. The van der Waals surface area contributed by atoms with Crippen molar-refractivity contribution in [2.45, 2.75) is 76.4 Å². The summed E-state index contributed by atoms with van der Waals surface area (Å²) >= 11 is 0. The van der Waals surface area contributed by atoms with Crippen molar-refractivity contribution in [2.24, 2.45) is 5.92 Å². The van der Waals surface area contributed by atoms with Gasteiger partial charge in [-0.05, 0) is 43.7 Å². The second-order valence-corrected chi connectivity index (χ2v) is 9.08. The van der Waals surface area contributed by atoms with Gasteiger partial charge in [-0.25, -0.2) is 19.3 Å². The average molecular weight is 424 g/mol. The fourth-order valence-electron chi connectivity index (χ4n) is 5.11. The Morgan fingerprint density at radius 1 is 1.00 bits per heavy atom. The molecule has 5 rings (SSSR count). The zero-order valence-corrected chi connectivity index (χ0v) is 17.8. The standard InChI is InChI=1S/C24H30FN5O/c25-19-8-4-5-9-20(19)27-24-28-21-15-26-22(14-16-6-2-1-3-7-16)29-23(21)30(24)17-10-12-18(31)13-11-17/h4-5,8-9,15-18,31H,1-3,6-7,10-14H2,(H,27,28). The second-order valence-electron chi connectivity index (χ2n) is 9.08. The van der Waals surface area contributed by atoms with Crippen LogP contribution in [0.2, 0.25) is 0 Å². The highest BCUT2D eigenvalue weighted by Gasteiger charge is 2.26. The third kappa shape index (κ3) is 4.42. The van der Waals surface area contributed by atoms with Gasteiger partial charge in [-0.1, -0.05) is 44.2 Å². The molecule has 7 heteroatoms. The molecular formula is C24H30FN5O. The summed E-state index contributed by atoms with van der Waals surface area (Å²) in [6.07, 6.45) is 12.1. The summed E-state index contributed by atoms with van der Waals surface area (Å²) in [4.78, 5) is 14.3. The molecule has 0 atom stereocenters. The van der Waals surface area contributed by atoms with Gasteiger partial charge in [0.15, 0.2) is 5.65 Å². The molecule has 164 valence electrons. The number of hydrogen-bond acceptors (Lipinski definition) is 5.